The van der Waals surface area contributed by atoms with Gasteiger partial charge in [0.25, 0.3) is 0 Å². The van der Waals surface area contributed by atoms with Gasteiger partial charge in [-0.1, -0.05) is 0 Å². The number of allylic oxidation sites excluding steroid dienone is 4. The molecular formula is C11H13Cl2OZr. The molecule has 0 fully saturated rings. The number of rotatable bonds is 1. The molecule has 1 aromatic heterocycles. The Kier molecular flexibility index (Phi) is 6.17. The van der Waals surface area contributed by atoms with Gasteiger partial charge in [-0.2, -0.15) is 0 Å². The molecule has 1 aromatic rings. The summed E-state index contributed by atoms with van der Waals surface area (Å²) in [6.07, 6.45) is 4.02. The maximum atomic E-state index is 5.39. The maximum absolute atomic E-state index is 5.39. The number of halogens is 2. The van der Waals surface area contributed by atoms with E-state index in [1.165, 1.54) is 35.9 Å². The molecule has 1 aliphatic carbocycles. The summed E-state index contributed by atoms with van der Waals surface area (Å²) in [7, 11) is 0. The topological polar surface area (TPSA) is 13.1 Å². The minimum atomic E-state index is 0. The van der Waals surface area contributed by atoms with E-state index in [0.29, 0.717) is 5.92 Å². The molecule has 0 radical (unpaired) electrons. The molecule has 0 saturated heterocycles. The summed E-state index contributed by atoms with van der Waals surface area (Å²) >= 11 is 1.52. The minimum Gasteiger partial charge on any atom is -0.147 e. The monoisotopic (exact) mass is 321 g/mol. The zero-order valence-corrected chi connectivity index (χ0v) is 12.7. The molecule has 4 heteroatoms. The van der Waals surface area contributed by atoms with Crippen molar-refractivity contribution in [3.63, 3.8) is 0 Å². The van der Waals surface area contributed by atoms with Crippen LogP contribution in [-0.4, -0.2) is 0 Å². The zero-order chi connectivity index (χ0) is 9.42. The molecule has 2 rings (SSSR count). The van der Waals surface area contributed by atoms with Gasteiger partial charge in [0.1, 0.15) is 0 Å². The van der Waals surface area contributed by atoms with E-state index in [2.05, 4.69) is 19.9 Å². The largest absolute Gasteiger partial charge is 0.147 e. The maximum Gasteiger partial charge on any atom is -0.147 e. The first kappa shape index (κ1) is 15.2. The van der Waals surface area contributed by atoms with Gasteiger partial charge in [-0.3, -0.25) is 0 Å². The van der Waals surface area contributed by atoms with Crippen molar-refractivity contribution in [2.45, 2.75) is 13.8 Å². The average Bonchev–Trinajstić information content (AvgIpc) is 2.70. The average molecular weight is 323 g/mol. The van der Waals surface area contributed by atoms with Crippen LogP contribution < -0.4 is 0 Å². The first-order valence-corrected chi connectivity index (χ1v) is 5.61. The second-order valence-electron chi connectivity index (χ2n) is 3.38. The van der Waals surface area contributed by atoms with Gasteiger partial charge in [-0.25, -0.2) is 0 Å². The van der Waals surface area contributed by atoms with Gasteiger partial charge < -0.3 is 0 Å². The molecule has 0 N–H and O–H groups in total. The van der Waals surface area contributed by atoms with Crippen LogP contribution in [0.4, 0.5) is 0 Å². The van der Waals surface area contributed by atoms with E-state index >= 15 is 0 Å². The van der Waals surface area contributed by atoms with E-state index in [4.69, 9.17) is 4.42 Å². The van der Waals surface area contributed by atoms with Crippen LogP contribution in [0.2, 0.25) is 0 Å². The van der Waals surface area contributed by atoms with E-state index in [1.807, 2.05) is 12.1 Å². The van der Waals surface area contributed by atoms with Crippen molar-refractivity contribution in [2.24, 2.45) is 5.92 Å². The third kappa shape index (κ3) is 2.87. The third-order valence-electron chi connectivity index (χ3n) is 2.47. The van der Waals surface area contributed by atoms with Gasteiger partial charge >= 0.3 is 93.6 Å². The fourth-order valence-electron chi connectivity index (χ4n) is 1.64. The number of hydrogen-bond donors (Lipinski definition) is 0. The molecule has 1 nitrogen and oxygen atoms in total. The fraction of sp³-hybridized carbons (Fsp3) is 0.273. The van der Waals surface area contributed by atoms with Crippen molar-refractivity contribution in [1.29, 1.82) is 0 Å². The summed E-state index contributed by atoms with van der Waals surface area (Å²) in [5.74, 6) is 1.60. The minimum absolute atomic E-state index is 0. The summed E-state index contributed by atoms with van der Waals surface area (Å²) in [5.41, 5.74) is 2.69. The third-order valence-corrected chi connectivity index (χ3v) is 4.51. The molecule has 0 bridgehead atoms. The number of hydrogen-bond acceptors (Lipinski definition) is 1. The second kappa shape index (κ2) is 6.08. The Morgan fingerprint density at radius 1 is 1.33 bits per heavy atom. The van der Waals surface area contributed by atoms with Crippen LogP contribution in [0.1, 0.15) is 19.6 Å². The second-order valence-corrected chi connectivity index (χ2v) is 4.71. The van der Waals surface area contributed by atoms with E-state index in [-0.39, 0.29) is 24.8 Å². The molecule has 0 aliphatic heterocycles. The molecule has 0 aromatic carbocycles. The summed E-state index contributed by atoms with van der Waals surface area (Å²) in [6.45, 7) is 4.42. The quantitative estimate of drug-likeness (QED) is 0.762. The Morgan fingerprint density at radius 3 is 2.40 bits per heavy atom. The Bertz CT molecular complexity index is 379. The van der Waals surface area contributed by atoms with Gasteiger partial charge in [0.05, 0.1) is 0 Å². The van der Waals surface area contributed by atoms with Gasteiger partial charge in [0, 0.05) is 0 Å². The van der Waals surface area contributed by atoms with Gasteiger partial charge in [0.15, 0.2) is 0 Å². The van der Waals surface area contributed by atoms with Crippen molar-refractivity contribution >= 4 is 30.4 Å². The van der Waals surface area contributed by atoms with Gasteiger partial charge in [-0.05, 0) is 0 Å². The number of furan rings is 1. The summed E-state index contributed by atoms with van der Waals surface area (Å²) < 4.78 is 6.93. The van der Waals surface area contributed by atoms with Gasteiger partial charge in [0.2, 0.25) is 0 Å². The predicted octanol–water partition coefficient (Wildman–Crippen LogP) is 3.98. The van der Waals surface area contributed by atoms with Crippen LogP contribution in [0.15, 0.2) is 37.7 Å². The molecule has 1 heterocycles. The molecule has 0 saturated carbocycles. The molecule has 15 heavy (non-hydrogen) atoms. The summed E-state index contributed by atoms with van der Waals surface area (Å²) in [5, 5.41) is 0. The first-order valence-electron chi connectivity index (χ1n) is 4.38. The molecule has 1 atom stereocenters. The fourth-order valence-corrected chi connectivity index (χ4v) is 2.18. The van der Waals surface area contributed by atoms with Crippen molar-refractivity contribution in [3.8, 4) is 0 Å². The van der Waals surface area contributed by atoms with Crippen LogP contribution in [0.25, 0.3) is 5.57 Å². The SMILES string of the molecule is CC1=[C]([Zr])C(C)C=C1c1ccco1.Cl.Cl. The first-order chi connectivity index (χ1) is 6.20. The normalized spacial score (nSPS) is 19.3. The van der Waals surface area contributed by atoms with Crippen molar-refractivity contribution in [1.82, 2.24) is 0 Å². The van der Waals surface area contributed by atoms with Crippen molar-refractivity contribution in [3.05, 3.63) is 39.1 Å². The van der Waals surface area contributed by atoms with Crippen molar-refractivity contribution in [2.75, 3.05) is 0 Å². The van der Waals surface area contributed by atoms with Crippen LogP contribution >= 0.6 is 24.8 Å². The molecule has 0 spiro atoms. The Labute approximate surface area is 118 Å². The van der Waals surface area contributed by atoms with Crippen LogP contribution in [0, 0.1) is 5.92 Å². The van der Waals surface area contributed by atoms with E-state index in [1.54, 1.807) is 9.54 Å². The van der Waals surface area contributed by atoms with E-state index < -0.39 is 0 Å². The van der Waals surface area contributed by atoms with Crippen LogP contribution in [0.5, 0.6) is 0 Å². The van der Waals surface area contributed by atoms with Crippen molar-refractivity contribution < 1.29 is 29.1 Å². The molecule has 1 unspecified atom stereocenters. The Hall–Kier alpha value is 0.223. The summed E-state index contributed by atoms with van der Waals surface area (Å²) in [6, 6.07) is 3.96. The predicted molar refractivity (Wildman–Crippen MR) is 63.0 cm³/mol. The molecular weight excluding hydrogens is 310 g/mol. The van der Waals surface area contributed by atoms with Crippen LogP contribution in [0.3, 0.4) is 0 Å². The summed E-state index contributed by atoms with van der Waals surface area (Å²) in [4.78, 5) is 0. The van der Waals surface area contributed by atoms with E-state index in [0.717, 1.165) is 5.76 Å². The Balaban J connectivity index is 0.000000980. The molecule has 81 valence electrons. The zero-order valence-electron chi connectivity index (χ0n) is 8.61. The Morgan fingerprint density at radius 2 is 2.00 bits per heavy atom. The molecule has 1 aliphatic rings. The smallest absolute Gasteiger partial charge is 0.147 e. The van der Waals surface area contributed by atoms with E-state index in [9.17, 15) is 0 Å². The standard InChI is InChI=1S/C11H11O.2ClH.Zr/c1-8-6-9(2)10(7-8)11-4-3-5-12-11;;;/h3-5,7-8H,1-2H3;2*1H;. The van der Waals surface area contributed by atoms with Gasteiger partial charge in [-0.15, -0.1) is 24.8 Å². The molecule has 0 amide bonds. The van der Waals surface area contributed by atoms with Crippen LogP contribution in [-0.2, 0) is 24.7 Å².